The first-order chi connectivity index (χ1) is 12.5. The molecule has 0 spiro atoms. The number of aromatic nitrogens is 3. The number of aliphatic hydroxyl groups is 1. The number of rotatable bonds is 3. The molecule has 0 saturated heterocycles. The van der Waals surface area contributed by atoms with Crippen LogP contribution >= 0.6 is 11.6 Å². The first-order valence-corrected chi connectivity index (χ1v) is 9.37. The van der Waals surface area contributed by atoms with Crippen LogP contribution in [0, 0.1) is 6.92 Å². The second-order valence-electron chi connectivity index (χ2n) is 7.81. The number of ether oxygens (including phenoxy) is 1. The Kier molecular flexibility index (Phi) is 3.37. The molecule has 0 radical (unpaired) electrons. The summed E-state index contributed by atoms with van der Waals surface area (Å²) in [6, 6.07) is 9.52. The molecular formula is C20H20ClN3O2. The average Bonchev–Trinajstić information content (AvgIpc) is 3.28. The molecule has 2 saturated carbocycles. The highest BCUT2D eigenvalue weighted by atomic mass is 35.5. The maximum absolute atomic E-state index is 10.6. The Bertz CT molecular complexity index is 1010. The van der Waals surface area contributed by atoms with Crippen molar-refractivity contribution in [2.45, 2.75) is 50.0 Å². The van der Waals surface area contributed by atoms with Crippen molar-refractivity contribution in [3.05, 3.63) is 52.9 Å². The van der Waals surface area contributed by atoms with Gasteiger partial charge in [-0.15, -0.1) is 10.2 Å². The van der Waals surface area contributed by atoms with Crippen LogP contribution in [0.15, 0.2) is 36.5 Å². The summed E-state index contributed by atoms with van der Waals surface area (Å²) in [7, 11) is 0. The summed E-state index contributed by atoms with van der Waals surface area (Å²) in [5, 5.41) is 20.1. The molecule has 6 heteroatoms. The van der Waals surface area contributed by atoms with E-state index in [-0.39, 0.29) is 5.41 Å². The Morgan fingerprint density at radius 3 is 2.62 bits per heavy atom. The van der Waals surface area contributed by atoms with E-state index >= 15 is 0 Å². The van der Waals surface area contributed by atoms with Crippen LogP contribution in [0.5, 0.6) is 11.5 Å². The normalized spacial score (nSPS) is 27.3. The van der Waals surface area contributed by atoms with Crippen LogP contribution in [0.3, 0.4) is 0 Å². The minimum Gasteiger partial charge on any atom is -0.452 e. The third-order valence-electron chi connectivity index (χ3n) is 5.99. The minimum atomic E-state index is -0.518. The molecule has 5 rings (SSSR count). The predicted molar refractivity (Wildman–Crippen MR) is 99.0 cm³/mol. The lowest BCUT2D eigenvalue weighted by Gasteiger charge is -2.24. The van der Waals surface area contributed by atoms with Crippen molar-refractivity contribution in [1.82, 2.24) is 14.6 Å². The number of benzene rings is 1. The zero-order valence-corrected chi connectivity index (χ0v) is 15.3. The van der Waals surface area contributed by atoms with Crippen molar-refractivity contribution >= 4 is 17.2 Å². The van der Waals surface area contributed by atoms with Crippen LogP contribution in [0.2, 0.25) is 5.02 Å². The van der Waals surface area contributed by atoms with E-state index in [1.165, 1.54) is 0 Å². The van der Waals surface area contributed by atoms with Gasteiger partial charge in [0.1, 0.15) is 11.6 Å². The molecule has 2 fully saturated rings. The summed E-state index contributed by atoms with van der Waals surface area (Å²) >= 11 is 6.31. The number of fused-ring (bicyclic) bond motifs is 3. The molecule has 2 aliphatic rings. The lowest BCUT2D eigenvalue weighted by Crippen LogP contribution is -2.23. The fraction of sp³-hybridized carbons (Fsp3) is 0.400. The highest BCUT2D eigenvalue weighted by Gasteiger charge is 2.56. The van der Waals surface area contributed by atoms with Gasteiger partial charge in [-0.05, 0) is 68.9 Å². The molecule has 0 amide bonds. The largest absolute Gasteiger partial charge is 0.452 e. The molecule has 1 aromatic carbocycles. The molecule has 2 aromatic heterocycles. The quantitative estimate of drug-likeness (QED) is 0.741. The van der Waals surface area contributed by atoms with Crippen LogP contribution < -0.4 is 4.74 Å². The fourth-order valence-corrected chi connectivity index (χ4v) is 4.89. The van der Waals surface area contributed by atoms with Crippen LogP contribution in [-0.4, -0.2) is 25.3 Å². The Hall–Kier alpha value is -2.11. The molecule has 2 heterocycles. The smallest absolute Gasteiger partial charge is 0.203 e. The van der Waals surface area contributed by atoms with Gasteiger partial charge in [0.2, 0.25) is 5.65 Å². The summed E-state index contributed by atoms with van der Waals surface area (Å²) in [5.74, 6) is 2.16. The topological polar surface area (TPSA) is 59.7 Å². The van der Waals surface area contributed by atoms with Gasteiger partial charge >= 0.3 is 0 Å². The van der Waals surface area contributed by atoms with Crippen molar-refractivity contribution in [3.63, 3.8) is 0 Å². The zero-order valence-electron chi connectivity index (χ0n) is 14.6. The van der Waals surface area contributed by atoms with E-state index in [2.05, 4.69) is 10.2 Å². The van der Waals surface area contributed by atoms with Crippen LogP contribution in [0.1, 0.15) is 43.5 Å². The van der Waals surface area contributed by atoms with E-state index < -0.39 is 5.60 Å². The van der Waals surface area contributed by atoms with Gasteiger partial charge in [-0.25, -0.2) is 0 Å². The standard InChI is InChI=1S/C20H20ClN3O2/c1-13-4-5-15(14(21)11-13)26-16-3-2-10-24-17(16)22-23-18(24)19-6-8-20(25,12-19)9-7-19/h2-5,10-11,25H,6-9,12H2,1H3. The number of hydrogen-bond donors (Lipinski definition) is 1. The maximum Gasteiger partial charge on any atom is 0.203 e. The molecule has 3 aromatic rings. The van der Waals surface area contributed by atoms with Gasteiger partial charge in [0.25, 0.3) is 0 Å². The molecule has 1 N–H and O–H groups in total. The first-order valence-electron chi connectivity index (χ1n) is 8.99. The molecule has 0 unspecified atom stereocenters. The summed E-state index contributed by atoms with van der Waals surface area (Å²) in [4.78, 5) is 0. The van der Waals surface area contributed by atoms with Gasteiger partial charge < -0.3 is 9.84 Å². The molecular weight excluding hydrogens is 350 g/mol. The van der Waals surface area contributed by atoms with Gasteiger partial charge in [0, 0.05) is 11.6 Å². The van der Waals surface area contributed by atoms with Gasteiger partial charge in [-0.2, -0.15) is 0 Å². The molecule has 0 atom stereocenters. The number of pyridine rings is 1. The van der Waals surface area contributed by atoms with Crippen molar-refractivity contribution in [1.29, 1.82) is 0 Å². The van der Waals surface area contributed by atoms with E-state index in [4.69, 9.17) is 16.3 Å². The molecule has 0 aliphatic heterocycles. The van der Waals surface area contributed by atoms with Crippen LogP contribution in [-0.2, 0) is 5.41 Å². The molecule has 2 bridgehead atoms. The van der Waals surface area contributed by atoms with E-state index in [1.807, 2.05) is 47.9 Å². The van der Waals surface area contributed by atoms with Gasteiger partial charge in [0.15, 0.2) is 5.75 Å². The minimum absolute atomic E-state index is 0.0751. The first kappa shape index (κ1) is 16.1. The third-order valence-corrected chi connectivity index (χ3v) is 6.28. The predicted octanol–water partition coefficient (Wildman–Crippen LogP) is 4.43. The Balaban J connectivity index is 1.56. The van der Waals surface area contributed by atoms with Crippen molar-refractivity contribution in [3.8, 4) is 11.5 Å². The number of nitrogens with zero attached hydrogens (tertiary/aromatic N) is 3. The second kappa shape index (κ2) is 5.44. The highest BCUT2D eigenvalue weighted by molar-refractivity contribution is 6.32. The highest BCUT2D eigenvalue weighted by Crippen LogP contribution is 2.57. The maximum atomic E-state index is 10.6. The monoisotopic (exact) mass is 369 g/mol. The van der Waals surface area contributed by atoms with Gasteiger partial charge in [-0.3, -0.25) is 4.40 Å². The van der Waals surface area contributed by atoms with Crippen molar-refractivity contribution in [2.24, 2.45) is 0 Å². The number of aryl methyl sites for hydroxylation is 1. The summed E-state index contributed by atoms with van der Waals surface area (Å²) in [5.41, 5.74) is 1.17. The lowest BCUT2D eigenvalue weighted by molar-refractivity contribution is 0.0521. The summed E-state index contributed by atoms with van der Waals surface area (Å²) in [6.07, 6.45) is 6.35. The third kappa shape index (κ3) is 2.34. The second-order valence-corrected chi connectivity index (χ2v) is 8.21. The Morgan fingerprint density at radius 1 is 1.12 bits per heavy atom. The molecule has 2 aliphatic carbocycles. The molecule has 134 valence electrons. The van der Waals surface area contributed by atoms with Gasteiger partial charge in [-0.1, -0.05) is 17.7 Å². The Morgan fingerprint density at radius 2 is 1.92 bits per heavy atom. The Labute approximate surface area is 156 Å². The van der Waals surface area contributed by atoms with Crippen LogP contribution in [0.4, 0.5) is 0 Å². The molecule has 5 nitrogen and oxygen atoms in total. The van der Waals surface area contributed by atoms with Crippen LogP contribution in [0.25, 0.3) is 5.65 Å². The summed E-state index contributed by atoms with van der Waals surface area (Å²) < 4.78 is 8.05. The van der Waals surface area contributed by atoms with Crippen molar-refractivity contribution in [2.75, 3.05) is 0 Å². The fourth-order valence-electron chi connectivity index (χ4n) is 4.62. The molecule has 26 heavy (non-hydrogen) atoms. The summed E-state index contributed by atoms with van der Waals surface area (Å²) in [6.45, 7) is 1.99. The average molecular weight is 370 g/mol. The van der Waals surface area contributed by atoms with Gasteiger partial charge in [0.05, 0.1) is 10.6 Å². The lowest BCUT2D eigenvalue weighted by atomic mass is 9.83. The van der Waals surface area contributed by atoms with E-state index in [0.29, 0.717) is 22.2 Å². The number of hydrogen-bond acceptors (Lipinski definition) is 4. The van der Waals surface area contributed by atoms with E-state index in [1.54, 1.807) is 0 Å². The zero-order chi connectivity index (χ0) is 17.9. The van der Waals surface area contributed by atoms with Crippen molar-refractivity contribution < 1.29 is 9.84 Å². The van der Waals surface area contributed by atoms with E-state index in [9.17, 15) is 5.11 Å². The SMILES string of the molecule is Cc1ccc(Oc2cccn3c(C45CCC(O)(CC4)C5)nnc23)c(Cl)c1. The van der Waals surface area contributed by atoms with E-state index in [0.717, 1.165) is 43.5 Å². The number of halogens is 1.